The molecule has 0 amide bonds. The maximum absolute atomic E-state index is 5.64. The maximum Gasteiger partial charge on any atom is 0.240 e. The highest BCUT2D eigenvalue weighted by atomic mass is 32.2. The summed E-state index contributed by atoms with van der Waals surface area (Å²) in [5.41, 5.74) is 4.19. The second-order valence-corrected chi connectivity index (χ2v) is 6.39. The van der Waals surface area contributed by atoms with Crippen LogP contribution < -0.4 is 10.2 Å². The Morgan fingerprint density at radius 3 is 2.83 bits per heavy atom. The van der Waals surface area contributed by atoms with E-state index in [1.165, 1.54) is 25.0 Å². The zero-order valence-corrected chi connectivity index (χ0v) is 13.8. The Hall–Kier alpha value is -2.02. The van der Waals surface area contributed by atoms with Crippen LogP contribution in [0.4, 0.5) is 5.95 Å². The standard InChI is InChI=1S/C16H21N5OS/c1-3-7-13(8-4-1)18-19-15-17-16(21-20-15)23-12-11-22-14-9-5-2-6-10-14/h2,5-6,9-10H,1,3-4,7-8,11-12H2,(H2,17,19,20,21). The summed E-state index contributed by atoms with van der Waals surface area (Å²) < 4.78 is 5.64. The molecular weight excluding hydrogens is 310 g/mol. The van der Waals surface area contributed by atoms with Crippen molar-refractivity contribution in [2.24, 2.45) is 5.10 Å². The SMILES string of the molecule is c1ccc(OCCSc2n[nH]c(NN=C3CCCCC3)n2)cc1. The molecule has 0 radical (unpaired) electrons. The van der Waals surface area contributed by atoms with Crippen LogP contribution in [0.25, 0.3) is 0 Å². The molecule has 6 nitrogen and oxygen atoms in total. The lowest BCUT2D eigenvalue weighted by Crippen LogP contribution is -2.07. The van der Waals surface area contributed by atoms with E-state index < -0.39 is 0 Å². The van der Waals surface area contributed by atoms with Gasteiger partial charge in [-0.25, -0.2) is 10.5 Å². The summed E-state index contributed by atoms with van der Waals surface area (Å²) in [7, 11) is 0. The zero-order valence-electron chi connectivity index (χ0n) is 13.0. The first-order chi connectivity index (χ1) is 11.4. The summed E-state index contributed by atoms with van der Waals surface area (Å²) >= 11 is 1.56. The molecule has 0 bridgehead atoms. The van der Waals surface area contributed by atoms with Crippen LogP contribution in [0.3, 0.4) is 0 Å². The van der Waals surface area contributed by atoms with E-state index in [0.29, 0.717) is 17.7 Å². The molecule has 7 heteroatoms. The van der Waals surface area contributed by atoms with E-state index in [-0.39, 0.29) is 0 Å². The average Bonchev–Trinajstić information content (AvgIpc) is 3.07. The summed E-state index contributed by atoms with van der Waals surface area (Å²) in [6.07, 6.45) is 5.95. The summed E-state index contributed by atoms with van der Waals surface area (Å²) in [5.74, 6) is 2.27. The van der Waals surface area contributed by atoms with Gasteiger partial charge in [-0.1, -0.05) is 36.4 Å². The van der Waals surface area contributed by atoms with Gasteiger partial charge in [-0.2, -0.15) is 10.1 Å². The van der Waals surface area contributed by atoms with Crippen molar-refractivity contribution in [1.29, 1.82) is 0 Å². The topological polar surface area (TPSA) is 75.2 Å². The number of H-pyrrole nitrogens is 1. The number of rotatable bonds is 7. The van der Waals surface area contributed by atoms with Gasteiger partial charge in [0.2, 0.25) is 11.1 Å². The fourth-order valence-corrected chi connectivity index (χ4v) is 2.99. The monoisotopic (exact) mass is 331 g/mol. The third-order valence-corrected chi connectivity index (χ3v) is 4.35. The number of aromatic nitrogens is 3. The van der Waals surface area contributed by atoms with Gasteiger partial charge in [0.15, 0.2) is 0 Å². The first-order valence-electron chi connectivity index (χ1n) is 7.95. The highest BCUT2D eigenvalue weighted by molar-refractivity contribution is 7.99. The van der Waals surface area contributed by atoms with Crippen LogP contribution in [0.1, 0.15) is 32.1 Å². The maximum atomic E-state index is 5.64. The Bertz CT molecular complexity index is 620. The Kier molecular flexibility index (Phi) is 5.91. The van der Waals surface area contributed by atoms with Crippen LogP contribution in [0.5, 0.6) is 5.75 Å². The van der Waals surface area contributed by atoms with Crippen LogP contribution >= 0.6 is 11.8 Å². The molecule has 1 aromatic heterocycles. The second-order valence-electron chi connectivity index (χ2n) is 5.33. The highest BCUT2D eigenvalue weighted by Gasteiger charge is 2.07. The molecule has 2 N–H and O–H groups in total. The molecule has 122 valence electrons. The minimum Gasteiger partial charge on any atom is -0.493 e. The predicted molar refractivity (Wildman–Crippen MR) is 93.2 cm³/mol. The van der Waals surface area contributed by atoms with Crippen molar-refractivity contribution in [2.75, 3.05) is 17.8 Å². The number of thioether (sulfide) groups is 1. The fraction of sp³-hybridized carbons (Fsp3) is 0.438. The third kappa shape index (κ3) is 5.28. The number of hydrazone groups is 1. The first-order valence-corrected chi connectivity index (χ1v) is 8.93. The molecule has 1 fully saturated rings. The van der Waals surface area contributed by atoms with Crippen molar-refractivity contribution in [3.63, 3.8) is 0 Å². The van der Waals surface area contributed by atoms with Gasteiger partial charge in [-0.15, -0.1) is 5.10 Å². The zero-order chi connectivity index (χ0) is 15.7. The van der Waals surface area contributed by atoms with Gasteiger partial charge in [0.05, 0.1) is 6.61 Å². The number of benzene rings is 1. The van der Waals surface area contributed by atoms with Crippen LogP contribution in [0.2, 0.25) is 0 Å². The van der Waals surface area contributed by atoms with Crippen molar-refractivity contribution in [2.45, 2.75) is 37.3 Å². The van der Waals surface area contributed by atoms with Gasteiger partial charge in [0.1, 0.15) is 5.75 Å². The molecule has 1 aliphatic carbocycles. The Morgan fingerprint density at radius 1 is 1.17 bits per heavy atom. The van der Waals surface area contributed by atoms with Crippen LogP contribution in [-0.2, 0) is 0 Å². The Balaban J connectivity index is 1.39. The van der Waals surface area contributed by atoms with Gasteiger partial charge in [0.25, 0.3) is 0 Å². The largest absolute Gasteiger partial charge is 0.493 e. The van der Waals surface area contributed by atoms with E-state index in [4.69, 9.17) is 4.74 Å². The molecule has 2 aromatic rings. The molecule has 1 aromatic carbocycles. The molecule has 0 atom stereocenters. The lowest BCUT2D eigenvalue weighted by Gasteiger charge is -2.11. The van der Waals surface area contributed by atoms with Gasteiger partial charge in [-0.3, -0.25) is 0 Å². The van der Waals surface area contributed by atoms with E-state index in [1.54, 1.807) is 11.8 Å². The molecule has 0 unspecified atom stereocenters. The summed E-state index contributed by atoms with van der Waals surface area (Å²) in [6, 6.07) is 9.79. The van der Waals surface area contributed by atoms with Crippen molar-refractivity contribution in [3.05, 3.63) is 30.3 Å². The van der Waals surface area contributed by atoms with Crippen LogP contribution in [0.15, 0.2) is 40.6 Å². The second kappa shape index (κ2) is 8.57. The van der Waals surface area contributed by atoms with Crippen molar-refractivity contribution in [3.8, 4) is 5.75 Å². The van der Waals surface area contributed by atoms with Crippen LogP contribution in [0, 0.1) is 0 Å². The number of ether oxygens (including phenoxy) is 1. The van der Waals surface area contributed by atoms with E-state index in [9.17, 15) is 0 Å². The van der Waals surface area contributed by atoms with Gasteiger partial charge >= 0.3 is 0 Å². The number of nitrogens with zero attached hydrogens (tertiary/aromatic N) is 3. The van der Waals surface area contributed by atoms with Crippen LogP contribution in [-0.4, -0.2) is 33.3 Å². The smallest absolute Gasteiger partial charge is 0.240 e. The summed E-state index contributed by atoms with van der Waals surface area (Å²) in [6.45, 7) is 0.619. The van der Waals surface area contributed by atoms with E-state index in [2.05, 4.69) is 25.7 Å². The number of aromatic amines is 1. The number of anilines is 1. The van der Waals surface area contributed by atoms with E-state index in [0.717, 1.165) is 24.3 Å². The molecule has 0 aliphatic heterocycles. The molecular formula is C16H21N5OS. The Labute approximate surface area is 140 Å². The number of para-hydroxylation sites is 1. The van der Waals surface area contributed by atoms with Gasteiger partial charge in [-0.05, 0) is 37.8 Å². The average molecular weight is 331 g/mol. The molecule has 0 saturated heterocycles. The summed E-state index contributed by atoms with van der Waals surface area (Å²) in [5, 5.41) is 12.1. The molecule has 1 aliphatic rings. The lowest BCUT2D eigenvalue weighted by atomic mass is 9.99. The first kappa shape index (κ1) is 15.9. The van der Waals surface area contributed by atoms with E-state index >= 15 is 0 Å². The van der Waals surface area contributed by atoms with Crippen molar-refractivity contribution in [1.82, 2.24) is 15.2 Å². The molecule has 1 heterocycles. The lowest BCUT2D eigenvalue weighted by molar-refractivity contribution is 0.344. The minimum atomic E-state index is 0.592. The highest BCUT2D eigenvalue weighted by Crippen LogP contribution is 2.17. The fourth-order valence-electron chi connectivity index (χ4n) is 2.37. The molecule has 1 saturated carbocycles. The summed E-state index contributed by atoms with van der Waals surface area (Å²) in [4.78, 5) is 4.36. The van der Waals surface area contributed by atoms with Crippen molar-refractivity contribution >= 4 is 23.4 Å². The molecule has 3 rings (SSSR count). The molecule has 23 heavy (non-hydrogen) atoms. The number of nitrogens with one attached hydrogen (secondary N) is 2. The van der Waals surface area contributed by atoms with Crippen molar-refractivity contribution < 1.29 is 4.74 Å². The third-order valence-electron chi connectivity index (χ3n) is 3.54. The Morgan fingerprint density at radius 2 is 2.00 bits per heavy atom. The van der Waals surface area contributed by atoms with Gasteiger partial charge < -0.3 is 4.74 Å². The quantitative estimate of drug-likeness (QED) is 0.459. The minimum absolute atomic E-state index is 0.592. The predicted octanol–water partition coefficient (Wildman–Crippen LogP) is 3.71. The normalized spacial score (nSPS) is 14.5. The number of hydrogen-bond donors (Lipinski definition) is 2. The number of hydrogen-bond acceptors (Lipinski definition) is 6. The van der Waals surface area contributed by atoms with E-state index in [1.807, 2.05) is 30.3 Å². The molecule has 0 spiro atoms. The van der Waals surface area contributed by atoms with Gasteiger partial charge in [0, 0.05) is 11.5 Å².